The first-order chi connectivity index (χ1) is 12.1. The predicted molar refractivity (Wildman–Crippen MR) is 92.7 cm³/mol. The van der Waals surface area contributed by atoms with E-state index >= 15 is 0 Å². The number of hydrazine groups is 1. The normalized spacial score (nSPS) is 10.4. The summed E-state index contributed by atoms with van der Waals surface area (Å²) in [6.45, 7) is 1.92. The summed E-state index contributed by atoms with van der Waals surface area (Å²) in [5.74, 6) is -1.78. The highest BCUT2D eigenvalue weighted by atomic mass is 32.1. The molecule has 3 aromatic rings. The van der Waals surface area contributed by atoms with Crippen LogP contribution >= 0.6 is 11.3 Å². The first-order valence-corrected chi connectivity index (χ1v) is 8.27. The van der Waals surface area contributed by atoms with Crippen LogP contribution in [0, 0.1) is 6.92 Å². The first kappa shape index (κ1) is 16.7. The van der Waals surface area contributed by atoms with E-state index in [9.17, 15) is 14.4 Å². The molecule has 128 valence electrons. The van der Waals surface area contributed by atoms with Crippen molar-refractivity contribution in [3.8, 4) is 0 Å². The number of thiophene rings is 1. The molecule has 3 rings (SSSR count). The van der Waals surface area contributed by atoms with Crippen LogP contribution in [0.15, 0.2) is 47.1 Å². The molecule has 3 N–H and O–H groups in total. The number of hydrogen-bond acceptors (Lipinski definition) is 5. The number of amides is 3. The molecule has 1 aromatic carbocycles. The van der Waals surface area contributed by atoms with Crippen LogP contribution in [0.1, 0.15) is 21.0 Å². The average Bonchev–Trinajstić information content (AvgIpc) is 3.25. The summed E-state index contributed by atoms with van der Waals surface area (Å²) in [5, 5.41) is 3.37. The van der Waals surface area contributed by atoms with Crippen molar-refractivity contribution in [2.45, 2.75) is 13.5 Å². The van der Waals surface area contributed by atoms with E-state index < -0.39 is 17.7 Å². The number of rotatable bonds is 3. The molecule has 0 unspecified atom stereocenters. The second-order valence-electron chi connectivity index (χ2n) is 5.22. The van der Waals surface area contributed by atoms with E-state index in [4.69, 9.17) is 4.42 Å². The molecule has 3 amide bonds. The van der Waals surface area contributed by atoms with Crippen LogP contribution in [-0.4, -0.2) is 17.7 Å². The quantitative estimate of drug-likeness (QED) is 0.492. The Kier molecular flexibility index (Phi) is 4.80. The molecule has 0 aliphatic rings. The maximum absolute atomic E-state index is 12.2. The highest BCUT2D eigenvalue weighted by Crippen LogP contribution is 2.30. The van der Waals surface area contributed by atoms with Gasteiger partial charge in [0.2, 0.25) is 0 Å². The van der Waals surface area contributed by atoms with Crippen LogP contribution in [0.4, 0.5) is 0 Å². The Hall–Kier alpha value is -3.13. The SMILES string of the molecule is Cc1c(C(=O)NNC(=O)C(=O)NCc2ccco2)sc2ccccc12. The van der Waals surface area contributed by atoms with Crippen molar-refractivity contribution < 1.29 is 18.8 Å². The molecule has 2 aromatic heterocycles. The van der Waals surface area contributed by atoms with Gasteiger partial charge in [0.15, 0.2) is 0 Å². The minimum absolute atomic E-state index is 0.0859. The van der Waals surface area contributed by atoms with E-state index in [1.807, 2.05) is 31.2 Å². The zero-order chi connectivity index (χ0) is 17.8. The van der Waals surface area contributed by atoms with Gasteiger partial charge >= 0.3 is 11.8 Å². The van der Waals surface area contributed by atoms with Gasteiger partial charge in [0.05, 0.1) is 17.7 Å². The van der Waals surface area contributed by atoms with Crippen LogP contribution in [0.3, 0.4) is 0 Å². The van der Waals surface area contributed by atoms with Gasteiger partial charge in [0.25, 0.3) is 5.91 Å². The summed E-state index contributed by atoms with van der Waals surface area (Å²) in [7, 11) is 0. The summed E-state index contributed by atoms with van der Waals surface area (Å²) in [5.41, 5.74) is 5.20. The molecule has 25 heavy (non-hydrogen) atoms. The predicted octanol–water partition coefficient (Wildman–Crippen LogP) is 1.88. The summed E-state index contributed by atoms with van der Waals surface area (Å²) in [4.78, 5) is 36.1. The fraction of sp³-hybridized carbons (Fsp3) is 0.118. The third kappa shape index (κ3) is 3.69. The minimum Gasteiger partial charge on any atom is -0.467 e. The molecular weight excluding hydrogens is 342 g/mol. The third-order valence-corrected chi connectivity index (χ3v) is 4.82. The van der Waals surface area contributed by atoms with Crippen molar-refractivity contribution >= 4 is 39.1 Å². The molecular formula is C17H15N3O4S. The molecule has 0 aliphatic heterocycles. The zero-order valence-electron chi connectivity index (χ0n) is 13.3. The van der Waals surface area contributed by atoms with Gasteiger partial charge in [-0.25, -0.2) is 0 Å². The minimum atomic E-state index is -0.960. The summed E-state index contributed by atoms with van der Waals surface area (Å²) < 4.78 is 6.03. The number of carbonyl (C=O) groups is 3. The van der Waals surface area contributed by atoms with Crippen LogP contribution in [0.2, 0.25) is 0 Å². The van der Waals surface area contributed by atoms with Crippen molar-refractivity contribution in [2.75, 3.05) is 0 Å². The van der Waals surface area contributed by atoms with Gasteiger partial charge in [0, 0.05) is 4.70 Å². The molecule has 0 fully saturated rings. The van der Waals surface area contributed by atoms with Gasteiger partial charge < -0.3 is 9.73 Å². The molecule has 2 heterocycles. The number of benzene rings is 1. The largest absolute Gasteiger partial charge is 0.467 e. The Labute approximate surface area is 147 Å². The summed E-state index contributed by atoms with van der Waals surface area (Å²) >= 11 is 1.32. The lowest BCUT2D eigenvalue weighted by molar-refractivity contribution is -0.139. The van der Waals surface area contributed by atoms with E-state index in [0.717, 1.165) is 15.6 Å². The Bertz CT molecular complexity index is 931. The fourth-order valence-corrected chi connectivity index (χ4v) is 3.38. The Morgan fingerprint density at radius 3 is 2.56 bits per heavy atom. The van der Waals surface area contributed by atoms with Crippen molar-refractivity contribution in [2.24, 2.45) is 0 Å². The molecule has 0 saturated heterocycles. The highest BCUT2D eigenvalue weighted by molar-refractivity contribution is 7.21. The van der Waals surface area contributed by atoms with Crippen LogP contribution in [0.5, 0.6) is 0 Å². The molecule has 0 aliphatic carbocycles. The highest BCUT2D eigenvalue weighted by Gasteiger charge is 2.18. The molecule has 8 heteroatoms. The maximum Gasteiger partial charge on any atom is 0.327 e. The fourth-order valence-electron chi connectivity index (χ4n) is 2.28. The molecule has 7 nitrogen and oxygen atoms in total. The topological polar surface area (TPSA) is 100 Å². The number of hydrogen-bond donors (Lipinski definition) is 3. The van der Waals surface area contributed by atoms with E-state index in [1.54, 1.807) is 12.1 Å². The van der Waals surface area contributed by atoms with Crippen molar-refractivity contribution in [1.82, 2.24) is 16.2 Å². The lowest BCUT2D eigenvalue weighted by atomic mass is 10.1. The molecule has 0 atom stereocenters. The second kappa shape index (κ2) is 7.18. The van der Waals surface area contributed by atoms with Gasteiger partial charge in [-0.05, 0) is 36.1 Å². The first-order valence-electron chi connectivity index (χ1n) is 7.45. The number of nitrogens with one attached hydrogen (secondary N) is 3. The van der Waals surface area contributed by atoms with Gasteiger partial charge in [-0.3, -0.25) is 25.2 Å². The summed E-state index contributed by atoms with van der Waals surface area (Å²) in [6.07, 6.45) is 1.47. The van der Waals surface area contributed by atoms with E-state index in [-0.39, 0.29) is 6.54 Å². The molecule has 0 spiro atoms. The number of fused-ring (bicyclic) bond motifs is 1. The van der Waals surface area contributed by atoms with Crippen molar-refractivity contribution in [3.63, 3.8) is 0 Å². The van der Waals surface area contributed by atoms with Crippen molar-refractivity contribution in [1.29, 1.82) is 0 Å². The van der Waals surface area contributed by atoms with E-state index in [0.29, 0.717) is 10.6 Å². The summed E-state index contributed by atoms with van der Waals surface area (Å²) in [6, 6.07) is 11.0. The third-order valence-electron chi connectivity index (χ3n) is 3.55. The second-order valence-corrected chi connectivity index (χ2v) is 6.27. The average molecular weight is 357 g/mol. The Balaban J connectivity index is 1.56. The molecule has 0 bridgehead atoms. The van der Waals surface area contributed by atoms with Gasteiger partial charge in [-0.1, -0.05) is 18.2 Å². The maximum atomic E-state index is 12.2. The lowest BCUT2D eigenvalue weighted by Crippen LogP contribution is -2.48. The van der Waals surface area contributed by atoms with E-state index in [1.165, 1.54) is 17.6 Å². The standard InChI is InChI=1S/C17H15N3O4S/c1-10-12-6-2-3-7-13(12)25-14(10)15(21)19-20-17(23)16(22)18-9-11-5-4-8-24-11/h2-8H,9H2,1H3,(H,18,22)(H,19,21)(H,20,23). The molecule has 0 saturated carbocycles. The van der Waals surface area contributed by atoms with Gasteiger partial charge in [-0.15, -0.1) is 11.3 Å². The number of aryl methyl sites for hydroxylation is 1. The van der Waals surface area contributed by atoms with E-state index in [2.05, 4.69) is 16.2 Å². The number of furan rings is 1. The zero-order valence-corrected chi connectivity index (χ0v) is 14.1. The lowest BCUT2D eigenvalue weighted by Gasteiger charge is -2.07. The van der Waals surface area contributed by atoms with Gasteiger partial charge in [-0.2, -0.15) is 0 Å². The van der Waals surface area contributed by atoms with Crippen LogP contribution in [-0.2, 0) is 16.1 Å². The molecule has 0 radical (unpaired) electrons. The Morgan fingerprint density at radius 2 is 1.84 bits per heavy atom. The smallest absolute Gasteiger partial charge is 0.327 e. The van der Waals surface area contributed by atoms with Crippen LogP contribution < -0.4 is 16.2 Å². The van der Waals surface area contributed by atoms with Crippen molar-refractivity contribution in [3.05, 3.63) is 58.9 Å². The number of carbonyl (C=O) groups excluding carboxylic acids is 3. The van der Waals surface area contributed by atoms with Crippen LogP contribution in [0.25, 0.3) is 10.1 Å². The monoisotopic (exact) mass is 357 g/mol. The van der Waals surface area contributed by atoms with Gasteiger partial charge in [0.1, 0.15) is 5.76 Å². The Morgan fingerprint density at radius 1 is 1.04 bits per heavy atom.